The molecule has 0 saturated carbocycles. The Kier molecular flexibility index (Phi) is 4.01. The van der Waals surface area contributed by atoms with E-state index in [1.807, 2.05) is 26.8 Å². The van der Waals surface area contributed by atoms with Crippen molar-refractivity contribution in [3.8, 4) is 0 Å². The lowest BCUT2D eigenvalue weighted by Gasteiger charge is -2.20. The smallest absolute Gasteiger partial charge is 0.412 e. The molecule has 0 saturated heterocycles. The molecule has 0 aromatic heterocycles. The summed E-state index contributed by atoms with van der Waals surface area (Å²) in [5.74, 6) is 0. The van der Waals surface area contributed by atoms with E-state index in [0.717, 1.165) is 3.57 Å². The third-order valence-electron chi connectivity index (χ3n) is 1.65. The van der Waals surface area contributed by atoms with Crippen LogP contribution in [0.5, 0.6) is 0 Å². The van der Waals surface area contributed by atoms with E-state index in [-0.39, 0.29) is 0 Å². The summed E-state index contributed by atoms with van der Waals surface area (Å²) in [7, 11) is 0. The second kappa shape index (κ2) is 4.90. The lowest BCUT2D eigenvalue weighted by atomic mass is 10.2. The number of carbonyl (C=O) groups is 1. The maximum Gasteiger partial charge on any atom is 0.412 e. The highest BCUT2D eigenvalue weighted by atomic mass is 127. The SMILES string of the molecule is CC(C)(C)OC(=O)Nc1ccc(I)cc1N. The number of halogens is 1. The van der Waals surface area contributed by atoms with Crippen molar-refractivity contribution in [1.29, 1.82) is 0 Å². The van der Waals surface area contributed by atoms with Gasteiger partial charge in [0.1, 0.15) is 5.60 Å². The molecule has 1 rings (SSSR count). The molecular formula is C11H15IN2O2. The van der Waals surface area contributed by atoms with Crippen molar-refractivity contribution in [1.82, 2.24) is 0 Å². The van der Waals surface area contributed by atoms with Crippen LogP contribution in [0.1, 0.15) is 20.8 Å². The Morgan fingerprint density at radius 2 is 2.06 bits per heavy atom. The van der Waals surface area contributed by atoms with Crippen molar-refractivity contribution < 1.29 is 9.53 Å². The second-order valence-corrected chi connectivity index (χ2v) is 5.60. The average Bonchev–Trinajstić information content (AvgIpc) is 2.06. The van der Waals surface area contributed by atoms with Crippen molar-refractivity contribution in [2.24, 2.45) is 0 Å². The number of nitrogen functional groups attached to an aromatic ring is 1. The molecule has 0 fully saturated rings. The van der Waals surface area contributed by atoms with Crippen LogP contribution in [0.15, 0.2) is 18.2 Å². The van der Waals surface area contributed by atoms with Gasteiger partial charge in [-0.2, -0.15) is 0 Å². The minimum absolute atomic E-state index is 0.500. The molecule has 1 amide bonds. The van der Waals surface area contributed by atoms with Gasteiger partial charge in [-0.15, -0.1) is 0 Å². The molecule has 1 aromatic carbocycles. The van der Waals surface area contributed by atoms with E-state index >= 15 is 0 Å². The number of anilines is 2. The molecule has 0 spiro atoms. The molecule has 0 aliphatic carbocycles. The summed E-state index contributed by atoms with van der Waals surface area (Å²) in [6, 6.07) is 5.40. The first-order valence-corrected chi connectivity index (χ1v) is 5.91. The Balaban J connectivity index is 2.70. The molecule has 0 heterocycles. The average molecular weight is 334 g/mol. The van der Waals surface area contributed by atoms with Gasteiger partial charge in [0, 0.05) is 3.57 Å². The number of nitrogens with two attached hydrogens (primary N) is 1. The van der Waals surface area contributed by atoms with Crippen LogP contribution in [-0.4, -0.2) is 11.7 Å². The van der Waals surface area contributed by atoms with Gasteiger partial charge in [-0.1, -0.05) is 0 Å². The zero-order valence-electron chi connectivity index (χ0n) is 9.50. The highest BCUT2D eigenvalue weighted by Crippen LogP contribution is 2.21. The van der Waals surface area contributed by atoms with Gasteiger partial charge in [0.2, 0.25) is 0 Å². The fourth-order valence-electron chi connectivity index (χ4n) is 1.06. The molecule has 3 N–H and O–H groups in total. The van der Waals surface area contributed by atoms with Crippen molar-refractivity contribution in [3.63, 3.8) is 0 Å². The standard InChI is InChI=1S/C11H15IN2O2/c1-11(2,3)16-10(15)14-9-5-4-7(12)6-8(9)13/h4-6H,13H2,1-3H3,(H,14,15). The van der Waals surface area contributed by atoms with Gasteiger partial charge in [-0.05, 0) is 61.6 Å². The second-order valence-electron chi connectivity index (χ2n) is 4.36. The predicted octanol–water partition coefficient (Wildman–Crippen LogP) is 3.22. The van der Waals surface area contributed by atoms with Crippen LogP contribution in [0.25, 0.3) is 0 Å². The van der Waals surface area contributed by atoms with Gasteiger partial charge < -0.3 is 10.5 Å². The van der Waals surface area contributed by atoms with Crippen LogP contribution in [0.2, 0.25) is 0 Å². The summed E-state index contributed by atoms with van der Waals surface area (Å²) < 4.78 is 6.14. The van der Waals surface area contributed by atoms with Gasteiger partial charge in [-0.25, -0.2) is 4.79 Å². The summed E-state index contributed by atoms with van der Waals surface area (Å²) >= 11 is 2.15. The first-order valence-electron chi connectivity index (χ1n) is 4.83. The minimum atomic E-state index is -0.512. The molecule has 16 heavy (non-hydrogen) atoms. The Morgan fingerprint density at radius 1 is 1.44 bits per heavy atom. The maximum absolute atomic E-state index is 11.5. The summed E-state index contributed by atoms with van der Waals surface area (Å²) in [6.07, 6.45) is -0.500. The van der Waals surface area contributed by atoms with Gasteiger partial charge in [0.25, 0.3) is 0 Å². The number of ether oxygens (including phenoxy) is 1. The number of hydrogen-bond acceptors (Lipinski definition) is 3. The highest BCUT2D eigenvalue weighted by molar-refractivity contribution is 14.1. The van der Waals surface area contributed by atoms with Crippen LogP contribution in [0.3, 0.4) is 0 Å². The number of rotatable bonds is 1. The Hall–Kier alpha value is -0.980. The molecule has 0 aliphatic heterocycles. The Labute approximate surface area is 109 Å². The molecule has 0 unspecified atom stereocenters. The van der Waals surface area contributed by atoms with Gasteiger partial charge in [0.15, 0.2) is 0 Å². The zero-order chi connectivity index (χ0) is 12.3. The lowest BCUT2D eigenvalue weighted by molar-refractivity contribution is 0.0636. The molecule has 0 radical (unpaired) electrons. The molecule has 0 atom stereocenters. The van der Waals surface area contributed by atoms with Crippen LogP contribution >= 0.6 is 22.6 Å². The summed E-state index contributed by atoms with van der Waals surface area (Å²) in [5.41, 5.74) is 6.34. The molecule has 5 heteroatoms. The summed E-state index contributed by atoms with van der Waals surface area (Å²) in [6.45, 7) is 5.43. The first-order chi connectivity index (χ1) is 7.28. The van der Waals surface area contributed by atoms with Gasteiger partial charge >= 0.3 is 6.09 Å². The fourth-order valence-corrected chi connectivity index (χ4v) is 1.58. The van der Waals surface area contributed by atoms with E-state index in [9.17, 15) is 4.79 Å². The van der Waals surface area contributed by atoms with Gasteiger partial charge in [-0.3, -0.25) is 5.32 Å². The normalized spacial score (nSPS) is 11.0. The molecular weight excluding hydrogens is 319 g/mol. The molecule has 1 aromatic rings. The van der Waals surface area contributed by atoms with E-state index < -0.39 is 11.7 Å². The zero-order valence-corrected chi connectivity index (χ0v) is 11.7. The Bertz CT molecular complexity index is 399. The predicted molar refractivity (Wildman–Crippen MR) is 73.4 cm³/mol. The third kappa shape index (κ3) is 4.26. The van der Waals surface area contributed by atoms with Crippen molar-refractivity contribution in [2.75, 3.05) is 11.1 Å². The van der Waals surface area contributed by atoms with Crippen LogP contribution in [0.4, 0.5) is 16.2 Å². The lowest BCUT2D eigenvalue weighted by Crippen LogP contribution is -2.27. The largest absolute Gasteiger partial charge is 0.444 e. The topological polar surface area (TPSA) is 64.3 Å². The van der Waals surface area contributed by atoms with E-state index in [2.05, 4.69) is 27.9 Å². The van der Waals surface area contributed by atoms with Crippen molar-refractivity contribution >= 4 is 40.1 Å². The molecule has 88 valence electrons. The van der Waals surface area contributed by atoms with Crippen molar-refractivity contribution in [3.05, 3.63) is 21.8 Å². The monoisotopic (exact) mass is 334 g/mol. The first kappa shape index (κ1) is 13.1. The van der Waals surface area contributed by atoms with Crippen LogP contribution in [0, 0.1) is 3.57 Å². The number of carbonyl (C=O) groups excluding carboxylic acids is 1. The number of nitrogens with one attached hydrogen (secondary N) is 1. The van der Waals surface area contributed by atoms with Crippen LogP contribution in [-0.2, 0) is 4.74 Å². The van der Waals surface area contributed by atoms with E-state index in [1.165, 1.54) is 0 Å². The van der Waals surface area contributed by atoms with E-state index in [1.54, 1.807) is 12.1 Å². The molecule has 4 nitrogen and oxygen atoms in total. The molecule has 0 bridgehead atoms. The molecule has 0 aliphatic rings. The maximum atomic E-state index is 11.5. The number of amides is 1. The number of hydrogen-bond donors (Lipinski definition) is 2. The van der Waals surface area contributed by atoms with Crippen LogP contribution < -0.4 is 11.1 Å². The van der Waals surface area contributed by atoms with Crippen molar-refractivity contribution in [2.45, 2.75) is 26.4 Å². The quantitative estimate of drug-likeness (QED) is 0.612. The summed E-state index contributed by atoms with van der Waals surface area (Å²) in [5, 5.41) is 2.60. The number of benzene rings is 1. The third-order valence-corrected chi connectivity index (χ3v) is 2.32. The highest BCUT2D eigenvalue weighted by Gasteiger charge is 2.16. The Morgan fingerprint density at radius 3 is 2.56 bits per heavy atom. The minimum Gasteiger partial charge on any atom is -0.444 e. The van der Waals surface area contributed by atoms with Gasteiger partial charge in [0.05, 0.1) is 11.4 Å². The fraction of sp³-hybridized carbons (Fsp3) is 0.364. The van der Waals surface area contributed by atoms with E-state index in [4.69, 9.17) is 10.5 Å². The van der Waals surface area contributed by atoms with E-state index in [0.29, 0.717) is 11.4 Å². The summed E-state index contributed by atoms with van der Waals surface area (Å²) in [4.78, 5) is 11.5.